The van der Waals surface area contributed by atoms with E-state index in [1.165, 1.54) is 76.9 Å². The number of halogens is 1. The van der Waals surface area contributed by atoms with E-state index in [-0.39, 0.29) is 29.5 Å². The number of hydrogen-bond acceptors (Lipinski definition) is 4. The van der Waals surface area contributed by atoms with Crippen molar-refractivity contribution in [3.63, 3.8) is 0 Å². The van der Waals surface area contributed by atoms with E-state index in [9.17, 15) is 0 Å². The number of aliphatic imine (C=N–C) groups is 1. The highest BCUT2D eigenvalue weighted by molar-refractivity contribution is 14.0. The standard InChI is InChI=1S/C20H39N5S.HI/c1-3-21-19(22-16-18-8-7-15-26-18)23-17-20(9-13-24(2)14-10-20)25-11-5-4-6-12-25;/h18H,3-17H2,1-2H3,(H2,21,22,23);1H. The van der Waals surface area contributed by atoms with Crippen LogP contribution in [0.4, 0.5) is 0 Å². The zero-order valence-corrected chi connectivity index (χ0v) is 20.5. The quantitative estimate of drug-likeness (QED) is 0.328. The van der Waals surface area contributed by atoms with Gasteiger partial charge in [-0.05, 0) is 84.4 Å². The maximum atomic E-state index is 5.10. The fourth-order valence-electron chi connectivity index (χ4n) is 4.56. The van der Waals surface area contributed by atoms with Crippen LogP contribution in [0.3, 0.4) is 0 Å². The summed E-state index contributed by atoms with van der Waals surface area (Å²) in [7, 11) is 2.26. The summed E-state index contributed by atoms with van der Waals surface area (Å²) in [5.74, 6) is 2.35. The SMILES string of the molecule is CCNC(=NCC1(N2CCCCC2)CCN(C)CC1)NCC1CCCS1.I. The van der Waals surface area contributed by atoms with Crippen LogP contribution in [0.2, 0.25) is 0 Å². The molecular weight excluding hydrogens is 469 g/mol. The molecule has 1 unspecified atom stereocenters. The molecule has 0 saturated carbocycles. The molecule has 0 aliphatic carbocycles. The summed E-state index contributed by atoms with van der Waals surface area (Å²) in [4.78, 5) is 10.4. The van der Waals surface area contributed by atoms with Crippen LogP contribution in [-0.2, 0) is 0 Å². The highest BCUT2D eigenvalue weighted by Crippen LogP contribution is 2.31. The van der Waals surface area contributed by atoms with Crippen LogP contribution in [-0.4, -0.2) is 85.2 Å². The molecule has 0 aromatic rings. The molecule has 0 aromatic heterocycles. The lowest BCUT2D eigenvalue weighted by Gasteiger charge is -2.49. The maximum absolute atomic E-state index is 5.10. The van der Waals surface area contributed by atoms with Crippen molar-refractivity contribution in [1.29, 1.82) is 0 Å². The lowest BCUT2D eigenvalue weighted by atomic mass is 9.84. The van der Waals surface area contributed by atoms with Gasteiger partial charge < -0.3 is 15.5 Å². The molecule has 3 saturated heterocycles. The van der Waals surface area contributed by atoms with Gasteiger partial charge in [-0.1, -0.05) is 6.42 Å². The van der Waals surface area contributed by atoms with Crippen LogP contribution in [0.1, 0.15) is 51.9 Å². The molecule has 1 atom stereocenters. The van der Waals surface area contributed by atoms with Crippen LogP contribution in [0.15, 0.2) is 4.99 Å². The van der Waals surface area contributed by atoms with Crippen LogP contribution in [0.25, 0.3) is 0 Å². The van der Waals surface area contributed by atoms with E-state index in [0.29, 0.717) is 0 Å². The molecule has 0 amide bonds. The average Bonchev–Trinajstić information content (AvgIpc) is 3.20. The Morgan fingerprint density at radius 2 is 1.81 bits per heavy atom. The second-order valence-electron chi connectivity index (χ2n) is 8.29. The molecule has 27 heavy (non-hydrogen) atoms. The fraction of sp³-hybridized carbons (Fsp3) is 0.950. The first-order valence-electron chi connectivity index (χ1n) is 10.8. The first-order chi connectivity index (χ1) is 12.7. The van der Waals surface area contributed by atoms with Crippen LogP contribution in [0.5, 0.6) is 0 Å². The minimum absolute atomic E-state index is 0. The molecule has 0 bridgehead atoms. The molecule has 0 spiro atoms. The van der Waals surface area contributed by atoms with Crippen molar-refractivity contribution in [3.8, 4) is 0 Å². The normalized spacial score (nSPS) is 27.2. The molecule has 7 heteroatoms. The summed E-state index contributed by atoms with van der Waals surface area (Å²) in [6.07, 6.45) is 9.35. The summed E-state index contributed by atoms with van der Waals surface area (Å²) < 4.78 is 0. The van der Waals surface area contributed by atoms with E-state index < -0.39 is 0 Å². The third-order valence-corrected chi connectivity index (χ3v) is 7.74. The van der Waals surface area contributed by atoms with Crippen LogP contribution >= 0.6 is 35.7 Å². The maximum Gasteiger partial charge on any atom is 0.191 e. The first kappa shape index (κ1) is 23.5. The van der Waals surface area contributed by atoms with E-state index in [2.05, 4.69) is 46.2 Å². The fourth-order valence-corrected chi connectivity index (χ4v) is 5.76. The molecule has 3 aliphatic heterocycles. The Kier molecular flexibility index (Phi) is 10.5. The Morgan fingerprint density at radius 1 is 1.07 bits per heavy atom. The predicted octanol–water partition coefficient (Wildman–Crippen LogP) is 3.01. The Bertz CT molecular complexity index is 442. The number of nitrogens with zero attached hydrogens (tertiary/aromatic N) is 3. The Morgan fingerprint density at radius 3 is 2.44 bits per heavy atom. The van der Waals surface area contributed by atoms with Crippen molar-refractivity contribution >= 4 is 41.7 Å². The van der Waals surface area contributed by atoms with Gasteiger partial charge in [0.05, 0.1) is 6.54 Å². The number of guanidine groups is 1. The summed E-state index contributed by atoms with van der Waals surface area (Å²) in [5, 5.41) is 7.86. The lowest BCUT2D eigenvalue weighted by Crippen LogP contribution is -2.58. The van der Waals surface area contributed by atoms with E-state index in [0.717, 1.165) is 30.8 Å². The summed E-state index contributed by atoms with van der Waals surface area (Å²) >= 11 is 2.11. The molecule has 2 N–H and O–H groups in total. The van der Waals surface area contributed by atoms with Gasteiger partial charge in [0.15, 0.2) is 5.96 Å². The molecule has 0 aromatic carbocycles. The van der Waals surface area contributed by atoms with Gasteiger partial charge in [-0.25, -0.2) is 0 Å². The zero-order valence-electron chi connectivity index (χ0n) is 17.3. The molecule has 3 aliphatic rings. The Hall–Kier alpha value is 0.270. The zero-order chi connectivity index (χ0) is 18.2. The first-order valence-corrected chi connectivity index (χ1v) is 11.8. The summed E-state index contributed by atoms with van der Waals surface area (Å²) in [6.45, 7) is 10.0. The van der Waals surface area contributed by atoms with Crippen molar-refractivity contribution in [2.24, 2.45) is 4.99 Å². The van der Waals surface area contributed by atoms with E-state index in [1.54, 1.807) is 0 Å². The Labute approximate surface area is 187 Å². The van der Waals surface area contributed by atoms with Crippen molar-refractivity contribution in [2.75, 3.05) is 58.6 Å². The van der Waals surface area contributed by atoms with E-state index >= 15 is 0 Å². The highest BCUT2D eigenvalue weighted by Gasteiger charge is 2.39. The molecule has 3 heterocycles. The van der Waals surface area contributed by atoms with Gasteiger partial charge in [0.2, 0.25) is 0 Å². The number of nitrogens with one attached hydrogen (secondary N) is 2. The number of hydrogen-bond donors (Lipinski definition) is 2. The number of rotatable bonds is 6. The molecule has 3 fully saturated rings. The van der Waals surface area contributed by atoms with E-state index in [1.807, 2.05) is 0 Å². The second-order valence-corrected chi connectivity index (χ2v) is 9.69. The van der Waals surface area contributed by atoms with Crippen molar-refractivity contribution in [3.05, 3.63) is 0 Å². The van der Waals surface area contributed by atoms with Crippen LogP contribution < -0.4 is 10.6 Å². The number of piperidine rings is 2. The van der Waals surface area contributed by atoms with Gasteiger partial charge in [0.25, 0.3) is 0 Å². The van der Waals surface area contributed by atoms with Crippen LogP contribution in [0, 0.1) is 0 Å². The molecular formula is C20H40IN5S. The number of likely N-dealkylation sites (tertiary alicyclic amines) is 2. The Balaban J connectivity index is 0.00000261. The highest BCUT2D eigenvalue weighted by atomic mass is 127. The summed E-state index contributed by atoms with van der Waals surface area (Å²) in [6, 6.07) is 0. The minimum Gasteiger partial charge on any atom is -0.357 e. The minimum atomic E-state index is 0. The average molecular weight is 510 g/mol. The van der Waals surface area contributed by atoms with Crippen molar-refractivity contribution in [2.45, 2.75) is 62.7 Å². The topological polar surface area (TPSA) is 42.9 Å². The van der Waals surface area contributed by atoms with Gasteiger partial charge >= 0.3 is 0 Å². The lowest BCUT2D eigenvalue weighted by molar-refractivity contribution is 0.0208. The molecule has 3 rings (SSSR count). The molecule has 5 nitrogen and oxygen atoms in total. The van der Waals surface area contributed by atoms with Gasteiger partial charge in [0.1, 0.15) is 0 Å². The molecule has 0 radical (unpaired) electrons. The van der Waals surface area contributed by atoms with Crippen molar-refractivity contribution < 1.29 is 0 Å². The number of thioether (sulfide) groups is 1. The van der Waals surface area contributed by atoms with Gasteiger partial charge in [-0.2, -0.15) is 11.8 Å². The second kappa shape index (κ2) is 12.1. The molecule has 158 valence electrons. The predicted molar refractivity (Wildman–Crippen MR) is 130 cm³/mol. The summed E-state index contributed by atoms with van der Waals surface area (Å²) in [5.41, 5.74) is 0.275. The van der Waals surface area contributed by atoms with Gasteiger partial charge in [-0.15, -0.1) is 24.0 Å². The van der Waals surface area contributed by atoms with E-state index in [4.69, 9.17) is 4.99 Å². The third kappa shape index (κ3) is 6.93. The van der Waals surface area contributed by atoms with Gasteiger partial charge in [0, 0.05) is 23.9 Å². The smallest absolute Gasteiger partial charge is 0.191 e. The monoisotopic (exact) mass is 509 g/mol. The van der Waals surface area contributed by atoms with Crippen molar-refractivity contribution in [1.82, 2.24) is 20.4 Å². The third-order valence-electron chi connectivity index (χ3n) is 6.34. The largest absolute Gasteiger partial charge is 0.357 e. The van der Waals surface area contributed by atoms with Gasteiger partial charge in [-0.3, -0.25) is 9.89 Å².